The molecule has 0 aliphatic rings. The third-order valence-corrected chi connectivity index (χ3v) is 7.06. The summed E-state index contributed by atoms with van der Waals surface area (Å²) in [5, 5.41) is 4.73. The standard InChI is InChI=1S/C26H24N2O4S/c1-19-15-16-25(32-2)24(17-19)28(33(30,31)21-11-4-3-5-12-21)18-26(29)27-23-14-8-10-20-9-6-7-13-22(20)23/h3-17H,18H2,1-2H3,(H,27,29). The van der Waals surface area contributed by atoms with Crippen LogP contribution in [0.3, 0.4) is 0 Å². The van der Waals surface area contributed by atoms with Crippen LogP contribution >= 0.6 is 0 Å². The lowest BCUT2D eigenvalue weighted by molar-refractivity contribution is -0.114. The van der Waals surface area contributed by atoms with E-state index < -0.39 is 22.5 Å². The molecule has 0 aliphatic carbocycles. The highest BCUT2D eigenvalue weighted by Gasteiger charge is 2.29. The van der Waals surface area contributed by atoms with Crippen LogP contribution in [0.5, 0.6) is 5.75 Å². The van der Waals surface area contributed by atoms with Crippen LogP contribution in [0.4, 0.5) is 11.4 Å². The maximum absolute atomic E-state index is 13.6. The number of carbonyl (C=O) groups is 1. The molecule has 0 heterocycles. The van der Waals surface area contributed by atoms with Crippen molar-refractivity contribution in [2.24, 2.45) is 0 Å². The zero-order chi connectivity index (χ0) is 23.4. The summed E-state index contributed by atoms with van der Waals surface area (Å²) in [5.74, 6) is -0.104. The monoisotopic (exact) mass is 460 g/mol. The number of aryl methyl sites for hydroxylation is 1. The Morgan fingerprint density at radius 2 is 1.61 bits per heavy atom. The van der Waals surface area contributed by atoms with E-state index >= 15 is 0 Å². The van der Waals surface area contributed by atoms with Crippen LogP contribution in [-0.2, 0) is 14.8 Å². The van der Waals surface area contributed by atoms with E-state index in [0.29, 0.717) is 17.1 Å². The lowest BCUT2D eigenvalue weighted by Gasteiger charge is -2.26. The molecule has 33 heavy (non-hydrogen) atoms. The fraction of sp³-hybridized carbons (Fsp3) is 0.115. The van der Waals surface area contributed by atoms with Gasteiger partial charge in [-0.3, -0.25) is 9.10 Å². The summed E-state index contributed by atoms with van der Waals surface area (Å²) in [4.78, 5) is 13.2. The van der Waals surface area contributed by atoms with Gasteiger partial charge < -0.3 is 10.1 Å². The van der Waals surface area contributed by atoms with Gasteiger partial charge in [-0.1, -0.05) is 60.7 Å². The SMILES string of the molecule is COc1ccc(C)cc1N(CC(=O)Nc1cccc2ccccc12)S(=O)(=O)c1ccccc1. The molecule has 4 rings (SSSR count). The van der Waals surface area contributed by atoms with Gasteiger partial charge in [-0.25, -0.2) is 8.42 Å². The molecule has 1 N–H and O–H groups in total. The number of anilines is 2. The van der Waals surface area contributed by atoms with Gasteiger partial charge in [0.1, 0.15) is 12.3 Å². The van der Waals surface area contributed by atoms with E-state index in [9.17, 15) is 13.2 Å². The maximum atomic E-state index is 13.6. The molecule has 0 aliphatic heterocycles. The Morgan fingerprint density at radius 1 is 0.909 bits per heavy atom. The first-order chi connectivity index (χ1) is 15.9. The second-order valence-corrected chi connectivity index (χ2v) is 9.44. The van der Waals surface area contributed by atoms with Crippen molar-refractivity contribution in [3.8, 4) is 5.75 Å². The summed E-state index contributed by atoms with van der Waals surface area (Å²) >= 11 is 0. The van der Waals surface area contributed by atoms with E-state index in [1.807, 2.05) is 49.4 Å². The first-order valence-corrected chi connectivity index (χ1v) is 11.8. The van der Waals surface area contributed by atoms with Crippen LogP contribution in [0.2, 0.25) is 0 Å². The van der Waals surface area contributed by atoms with Crippen LogP contribution in [0.15, 0.2) is 95.9 Å². The van der Waals surface area contributed by atoms with Gasteiger partial charge in [0.25, 0.3) is 10.0 Å². The lowest BCUT2D eigenvalue weighted by Crippen LogP contribution is -2.38. The second kappa shape index (κ2) is 9.34. The van der Waals surface area contributed by atoms with Gasteiger partial charge in [-0.2, -0.15) is 0 Å². The molecule has 0 saturated carbocycles. The molecule has 0 spiro atoms. The molecular weight excluding hydrogens is 436 g/mol. The molecule has 168 valence electrons. The van der Waals surface area contributed by atoms with Crippen molar-refractivity contribution in [1.82, 2.24) is 0 Å². The van der Waals surface area contributed by atoms with Crippen LogP contribution in [0.25, 0.3) is 10.8 Å². The quantitative estimate of drug-likeness (QED) is 0.422. The van der Waals surface area contributed by atoms with Crippen LogP contribution in [-0.4, -0.2) is 28.0 Å². The molecule has 0 aromatic heterocycles. The topological polar surface area (TPSA) is 75.7 Å². The number of carbonyl (C=O) groups excluding carboxylic acids is 1. The van der Waals surface area contributed by atoms with Crippen molar-refractivity contribution in [3.05, 3.63) is 96.6 Å². The first-order valence-electron chi connectivity index (χ1n) is 10.4. The van der Waals surface area contributed by atoms with Crippen molar-refractivity contribution in [2.75, 3.05) is 23.3 Å². The Kier molecular flexibility index (Phi) is 6.33. The minimum atomic E-state index is -4.04. The van der Waals surface area contributed by atoms with Crippen molar-refractivity contribution < 1.29 is 17.9 Å². The van der Waals surface area contributed by atoms with Gasteiger partial charge in [0.2, 0.25) is 5.91 Å². The Morgan fingerprint density at radius 3 is 2.36 bits per heavy atom. The number of nitrogens with one attached hydrogen (secondary N) is 1. The molecule has 0 unspecified atom stereocenters. The van der Waals surface area contributed by atoms with Crippen molar-refractivity contribution in [2.45, 2.75) is 11.8 Å². The van der Waals surface area contributed by atoms with E-state index in [-0.39, 0.29) is 4.90 Å². The third kappa shape index (κ3) is 4.68. The molecule has 7 heteroatoms. The molecule has 4 aromatic carbocycles. The Balaban J connectivity index is 1.74. The summed E-state index contributed by atoms with van der Waals surface area (Å²) in [7, 11) is -2.57. The largest absolute Gasteiger partial charge is 0.495 e. The van der Waals surface area contributed by atoms with Crippen LogP contribution in [0, 0.1) is 6.92 Å². The first kappa shape index (κ1) is 22.4. The number of rotatable bonds is 7. The average Bonchev–Trinajstić information content (AvgIpc) is 2.83. The van der Waals surface area contributed by atoms with Crippen molar-refractivity contribution >= 4 is 38.1 Å². The predicted octanol–water partition coefficient (Wildman–Crippen LogP) is 4.99. The van der Waals surface area contributed by atoms with Gasteiger partial charge >= 0.3 is 0 Å². The minimum Gasteiger partial charge on any atom is -0.495 e. The van der Waals surface area contributed by atoms with Crippen molar-refractivity contribution in [1.29, 1.82) is 0 Å². The summed E-state index contributed by atoms with van der Waals surface area (Å²) in [6.45, 7) is 1.44. The Bertz CT molecular complexity index is 1400. The zero-order valence-electron chi connectivity index (χ0n) is 18.4. The Hall–Kier alpha value is -3.84. The van der Waals surface area contributed by atoms with Crippen LogP contribution < -0.4 is 14.4 Å². The van der Waals surface area contributed by atoms with E-state index in [1.54, 1.807) is 36.4 Å². The molecule has 0 radical (unpaired) electrons. The number of ether oxygens (including phenoxy) is 1. The molecule has 0 saturated heterocycles. The predicted molar refractivity (Wildman–Crippen MR) is 131 cm³/mol. The van der Waals surface area contributed by atoms with Gasteiger partial charge in [-0.05, 0) is 48.2 Å². The van der Waals surface area contributed by atoms with E-state index in [2.05, 4.69) is 5.32 Å². The minimum absolute atomic E-state index is 0.0894. The normalized spacial score (nSPS) is 11.2. The molecule has 0 bridgehead atoms. The number of amides is 1. The number of benzene rings is 4. The number of sulfonamides is 1. The molecule has 0 atom stereocenters. The van der Waals surface area contributed by atoms with Gasteiger partial charge in [-0.15, -0.1) is 0 Å². The lowest BCUT2D eigenvalue weighted by atomic mass is 10.1. The smallest absolute Gasteiger partial charge is 0.264 e. The summed E-state index contributed by atoms with van der Waals surface area (Å²) < 4.78 is 33.7. The number of methoxy groups -OCH3 is 1. The highest BCUT2D eigenvalue weighted by Crippen LogP contribution is 2.33. The van der Waals surface area contributed by atoms with Gasteiger partial charge in [0.05, 0.1) is 17.7 Å². The second-order valence-electron chi connectivity index (χ2n) is 7.57. The highest BCUT2D eigenvalue weighted by atomic mass is 32.2. The average molecular weight is 461 g/mol. The van der Waals surface area contributed by atoms with E-state index in [0.717, 1.165) is 20.6 Å². The van der Waals surface area contributed by atoms with Crippen LogP contribution in [0.1, 0.15) is 5.56 Å². The number of fused-ring (bicyclic) bond motifs is 1. The number of hydrogen-bond acceptors (Lipinski definition) is 4. The summed E-state index contributed by atoms with van der Waals surface area (Å²) in [5.41, 5.74) is 1.76. The maximum Gasteiger partial charge on any atom is 0.264 e. The van der Waals surface area contributed by atoms with E-state index in [1.165, 1.54) is 19.2 Å². The summed E-state index contributed by atoms with van der Waals surface area (Å²) in [6.07, 6.45) is 0. The van der Waals surface area contributed by atoms with Crippen molar-refractivity contribution in [3.63, 3.8) is 0 Å². The zero-order valence-corrected chi connectivity index (χ0v) is 19.2. The highest BCUT2D eigenvalue weighted by molar-refractivity contribution is 7.92. The molecule has 1 amide bonds. The molecule has 0 fully saturated rings. The molecule has 6 nitrogen and oxygen atoms in total. The Labute approximate surface area is 193 Å². The molecular formula is C26H24N2O4S. The van der Waals surface area contributed by atoms with Gasteiger partial charge in [0.15, 0.2) is 0 Å². The molecule has 4 aromatic rings. The third-order valence-electron chi connectivity index (χ3n) is 5.29. The van der Waals surface area contributed by atoms with Gasteiger partial charge in [0, 0.05) is 11.1 Å². The fourth-order valence-corrected chi connectivity index (χ4v) is 5.11. The van der Waals surface area contributed by atoms with E-state index in [4.69, 9.17) is 4.74 Å². The summed E-state index contributed by atoms with van der Waals surface area (Å²) in [6, 6.07) is 26.5. The fourth-order valence-electron chi connectivity index (χ4n) is 3.67. The number of hydrogen-bond donors (Lipinski definition) is 1. The number of nitrogens with zero attached hydrogens (tertiary/aromatic N) is 1.